The molecule has 6 nitrogen and oxygen atoms in total. The van der Waals surface area contributed by atoms with Crippen molar-refractivity contribution in [3.05, 3.63) is 255 Å². The number of hydrogen-bond acceptors (Lipinski definition) is 6. The van der Waals surface area contributed by atoms with E-state index in [0.29, 0.717) is 17.5 Å². The van der Waals surface area contributed by atoms with E-state index in [4.69, 9.17) is 29.9 Å². The van der Waals surface area contributed by atoms with Crippen LogP contribution in [0.3, 0.4) is 0 Å². The fourth-order valence-electron chi connectivity index (χ4n) is 9.73. The van der Waals surface area contributed by atoms with Crippen molar-refractivity contribution in [2.45, 2.75) is 0 Å². The fourth-order valence-corrected chi connectivity index (χ4v) is 9.73. The largest absolute Gasteiger partial charge is 0.256 e. The molecule has 13 aromatic rings. The van der Waals surface area contributed by atoms with E-state index in [0.717, 1.165) is 116 Å². The second-order valence-electron chi connectivity index (χ2n) is 17.9. The molecule has 72 heavy (non-hydrogen) atoms. The van der Waals surface area contributed by atoms with Gasteiger partial charge in [0.05, 0.1) is 27.9 Å². The predicted molar refractivity (Wildman–Crippen MR) is 295 cm³/mol. The van der Waals surface area contributed by atoms with E-state index in [1.807, 2.05) is 48.7 Å². The smallest absolute Gasteiger partial charge is 0.164 e. The Morgan fingerprint density at radius 1 is 0.222 bits per heavy atom. The van der Waals surface area contributed by atoms with Gasteiger partial charge < -0.3 is 0 Å². The summed E-state index contributed by atoms with van der Waals surface area (Å²) in [5, 5.41) is 3.21. The number of pyridine rings is 3. The lowest BCUT2D eigenvalue weighted by Gasteiger charge is -2.13. The van der Waals surface area contributed by atoms with Gasteiger partial charge >= 0.3 is 0 Å². The summed E-state index contributed by atoms with van der Waals surface area (Å²) in [5.74, 6) is 1.81. The van der Waals surface area contributed by atoms with E-state index >= 15 is 0 Å². The monoisotopic (exact) mass is 918 g/mol. The first-order chi connectivity index (χ1) is 35.6. The van der Waals surface area contributed by atoms with Gasteiger partial charge in [-0.1, -0.05) is 206 Å². The third-order valence-electron chi connectivity index (χ3n) is 13.3. The topological polar surface area (TPSA) is 77.3 Å². The number of benzene rings is 9. The second kappa shape index (κ2) is 18.3. The first-order valence-electron chi connectivity index (χ1n) is 24.1. The molecule has 0 amide bonds. The molecule has 0 aliphatic rings. The Morgan fingerprint density at radius 2 is 0.681 bits per heavy atom. The number of aromatic nitrogens is 6. The molecule has 0 unspecified atom stereocenters. The lowest BCUT2D eigenvalue weighted by Crippen LogP contribution is -2.00. The van der Waals surface area contributed by atoms with Crippen LogP contribution in [0.5, 0.6) is 0 Å². The van der Waals surface area contributed by atoms with E-state index < -0.39 is 0 Å². The molecule has 9 aromatic carbocycles. The van der Waals surface area contributed by atoms with Gasteiger partial charge in [0, 0.05) is 55.7 Å². The van der Waals surface area contributed by atoms with Crippen molar-refractivity contribution in [3.63, 3.8) is 0 Å². The molecule has 0 spiro atoms. The molecule has 6 heteroatoms. The predicted octanol–water partition coefficient (Wildman–Crippen LogP) is 16.5. The Balaban J connectivity index is 0.854. The Kier molecular flexibility index (Phi) is 10.7. The average molecular weight is 919 g/mol. The highest BCUT2D eigenvalue weighted by atomic mass is 15.0. The second-order valence-corrected chi connectivity index (χ2v) is 17.9. The van der Waals surface area contributed by atoms with Gasteiger partial charge in [0.25, 0.3) is 0 Å². The van der Waals surface area contributed by atoms with Crippen LogP contribution in [0.2, 0.25) is 0 Å². The summed E-state index contributed by atoms with van der Waals surface area (Å²) >= 11 is 0. The lowest BCUT2D eigenvalue weighted by molar-refractivity contribution is 1.07. The van der Waals surface area contributed by atoms with E-state index in [1.165, 1.54) is 0 Å². The first-order valence-corrected chi connectivity index (χ1v) is 24.1. The quantitative estimate of drug-likeness (QED) is 0.134. The molecule has 0 N–H and O–H groups in total. The Hall–Kier alpha value is -9.78. The summed E-state index contributed by atoms with van der Waals surface area (Å²) in [6, 6.07) is 86.4. The van der Waals surface area contributed by atoms with Gasteiger partial charge in [0.15, 0.2) is 17.5 Å². The standard InChI is InChI=1S/C66H42N6/c1-4-16-43(17-5-1)58-42-60(44-18-6-2-7-19-44)69-63-57(58)35-33-46-34-36-59(68-62(46)63)53-28-11-25-50(39-53)48-23-10-24-49(38-48)51-26-12-29-54(40-51)65-70-64(47-20-8-3-9-21-47)71-66(72-65)55-30-13-27-52(41-55)56-32-14-22-45-31-15-37-67-61(45)56/h1-42H. The van der Waals surface area contributed by atoms with Crippen LogP contribution in [0.25, 0.3) is 134 Å². The lowest BCUT2D eigenvalue weighted by atomic mass is 9.96. The summed E-state index contributed by atoms with van der Waals surface area (Å²) in [5.41, 5.74) is 18.0. The molecular weight excluding hydrogens is 877 g/mol. The Bertz CT molecular complexity index is 4150. The normalized spacial score (nSPS) is 11.3. The van der Waals surface area contributed by atoms with Crippen LogP contribution in [0.4, 0.5) is 0 Å². The van der Waals surface area contributed by atoms with Crippen molar-refractivity contribution in [2.75, 3.05) is 0 Å². The van der Waals surface area contributed by atoms with Gasteiger partial charge in [-0.05, 0) is 81.4 Å². The number of hydrogen-bond donors (Lipinski definition) is 0. The first kappa shape index (κ1) is 42.3. The maximum Gasteiger partial charge on any atom is 0.164 e. The summed E-state index contributed by atoms with van der Waals surface area (Å²) in [6.07, 6.45) is 1.84. The van der Waals surface area contributed by atoms with Crippen molar-refractivity contribution in [1.82, 2.24) is 29.9 Å². The van der Waals surface area contributed by atoms with Crippen LogP contribution in [0.1, 0.15) is 0 Å². The maximum absolute atomic E-state index is 5.38. The van der Waals surface area contributed by atoms with Gasteiger partial charge in [-0.3, -0.25) is 4.98 Å². The molecule has 336 valence electrons. The number of nitrogens with zero attached hydrogens (tertiary/aromatic N) is 6. The Morgan fingerprint density at radius 3 is 1.35 bits per heavy atom. The van der Waals surface area contributed by atoms with Crippen molar-refractivity contribution < 1.29 is 0 Å². The highest BCUT2D eigenvalue weighted by molar-refractivity contribution is 6.09. The number of fused-ring (bicyclic) bond motifs is 4. The Labute approximate surface area is 416 Å². The molecule has 0 fully saturated rings. The summed E-state index contributed by atoms with van der Waals surface area (Å²) in [4.78, 5) is 30.7. The highest BCUT2D eigenvalue weighted by Gasteiger charge is 2.17. The zero-order valence-corrected chi connectivity index (χ0v) is 38.9. The molecule has 4 heterocycles. The van der Waals surface area contributed by atoms with Gasteiger partial charge in [-0.25, -0.2) is 24.9 Å². The highest BCUT2D eigenvalue weighted by Crippen LogP contribution is 2.38. The average Bonchev–Trinajstić information content (AvgIpc) is 3.47. The van der Waals surface area contributed by atoms with Crippen LogP contribution in [0.15, 0.2) is 255 Å². The number of para-hydroxylation sites is 1. The minimum absolute atomic E-state index is 0.597. The maximum atomic E-state index is 5.38. The van der Waals surface area contributed by atoms with Gasteiger partial charge in [0.2, 0.25) is 0 Å². The van der Waals surface area contributed by atoms with E-state index in [-0.39, 0.29) is 0 Å². The summed E-state index contributed by atoms with van der Waals surface area (Å²) in [6.45, 7) is 0. The summed E-state index contributed by atoms with van der Waals surface area (Å²) < 4.78 is 0. The van der Waals surface area contributed by atoms with Crippen LogP contribution >= 0.6 is 0 Å². The van der Waals surface area contributed by atoms with Crippen molar-refractivity contribution in [2.24, 2.45) is 0 Å². The van der Waals surface area contributed by atoms with Gasteiger partial charge in [0.1, 0.15) is 0 Å². The molecule has 13 rings (SSSR count). The van der Waals surface area contributed by atoms with Crippen molar-refractivity contribution >= 4 is 32.7 Å². The molecule has 0 radical (unpaired) electrons. The van der Waals surface area contributed by atoms with Crippen LogP contribution in [-0.2, 0) is 0 Å². The SMILES string of the molecule is c1ccc(-c2cc(-c3ccccc3)c3ccc4ccc(-c5cccc(-c6cccc(-c7cccc(-c8nc(-c9ccccc9)nc(-c9cccc(-c%10cccc%11cccnc%10%11)c9)n8)c7)c6)c5)nc4c3n2)cc1. The third kappa shape index (κ3) is 8.13. The molecule has 0 saturated heterocycles. The summed E-state index contributed by atoms with van der Waals surface area (Å²) in [7, 11) is 0. The van der Waals surface area contributed by atoms with E-state index in [9.17, 15) is 0 Å². The zero-order valence-electron chi connectivity index (χ0n) is 38.9. The van der Waals surface area contributed by atoms with Crippen LogP contribution in [-0.4, -0.2) is 29.9 Å². The van der Waals surface area contributed by atoms with Crippen LogP contribution < -0.4 is 0 Å². The molecule has 0 saturated carbocycles. The van der Waals surface area contributed by atoms with Crippen molar-refractivity contribution in [3.8, 4) is 101 Å². The minimum atomic E-state index is 0.597. The van der Waals surface area contributed by atoms with Gasteiger partial charge in [-0.15, -0.1) is 0 Å². The fraction of sp³-hybridized carbons (Fsp3) is 0. The minimum Gasteiger partial charge on any atom is -0.256 e. The van der Waals surface area contributed by atoms with Crippen molar-refractivity contribution in [1.29, 1.82) is 0 Å². The van der Waals surface area contributed by atoms with Gasteiger partial charge in [-0.2, -0.15) is 0 Å². The number of rotatable bonds is 9. The molecule has 0 bridgehead atoms. The molecule has 0 aliphatic heterocycles. The third-order valence-corrected chi connectivity index (χ3v) is 13.3. The molecule has 0 atom stereocenters. The molecular formula is C66H42N6. The van der Waals surface area contributed by atoms with Crippen LogP contribution in [0, 0.1) is 0 Å². The zero-order chi connectivity index (χ0) is 47.8. The van der Waals surface area contributed by atoms with E-state index in [1.54, 1.807) is 0 Å². The molecule has 0 aliphatic carbocycles. The van der Waals surface area contributed by atoms with E-state index in [2.05, 4.69) is 206 Å². The molecule has 4 aromatic heterocycles.